The lowest BCUT2D eigenvalue weighted by Crippen LogP contribution is -2.34. The summed E-state index contributed by atoms with van der Waals surface area (Å²) in [7, 11) is 1.64. The van der Waals surface area contributed by atoms with E-state index in [0.29, 0.717) is 0 Å². The van der Waals surface area contributed by atoms with Gasteiger partial charge in [0.15, 0.2) is 0 Å². The third-order valence-corrected chi connectivity index (χ3v) is 2.89. The van der Waals surface area contributed by atoms with Crippen molar-refractivity contribution in [3.63, 3.8) is 0 Å². The zero-order valence-electron chi connectivity index (χ0n) is 13.0. The maximum atomic E-state index is 12.0. The van der Waals surface area contributed by atoms with E-state index in [2.05, 4.69) is 5.32 Å². The Morgan fingerprint density at radius 2 is 1.95 bits per heavy atom. The molecule has 1 aromatic rings. The summed E-state index contributed by atoms with van der Waals surface area (Å²) in [4.78, 5) is 12.0. The molecule has 112 valence electrons. The molecule has 0 spiro atoms. The first-order chi connectivity index (χ1) is 9.37. The number of methoxy groups -OCH3 is 1. The van der Waals surface area contributed by atoms with E-state index in [1.807, 2.05) is 52.0 Å². The fraction of sp³-hybridized carbons (Fsp3) is 0.562. The Morgan fingerprint density at radius 3 is 2.50 bits per heavy atom. The largest absolute Gasteiger partial charge is 0.496 e. The first-order valence-corrected chi connectivity index (χ1v) is 6.93. The van der Waals surface area contributed by atoms with Gasteiger partial charge in [-0.05, 0) is 33.3 Å². The molecule has 0 aliphatic heterocycles. The predicted molar refractivity (Wildman–Crippen MR) is 79.9 cm³/mol. The average molecular weight is 279 g/mol. The van der Waals surface area contributed by atoms with E-state index >= 15 is 0 Å². The quantitative estimate of drug-likeness (QED) is 0.870. The van der Waals surface area contributed by atoms with Gasteiger partial charge >= 0.3 is 0 Å². The monoisotopic (exact) mass is 279 g/mol. The SMILES string of the molecule is CCC(NC(=O)COC(C)(C)C)c1ccccc1OC. The number of carbonyl (C=O) groups is 1. The van der Waals surface area contributed by atoms with Crippen molar-refractivity contribution < 1.29 is 14.3 Å². The molecule has 0 saturated carbocycles. The van der Waals surface area contributed by atoms with Crippen LogP contribution in [0.1, 0.15) is 45.7 Å². The van der Waals surface area contributed by atoms with Gasteiger partial charge in [-0.25, -0.2) is 0 Å². The van der Waals surface area contributed by atoms with E-state index in [1.54, 1.807) is 7.11 Å². The summed E-state index contributed by atoms with van der Waals surface area (Å²) in [5, 5.41) is 2.99. The first kappa shape index (κ1) is 16.5. The number of amides is 1. The van der Waals surface area contributed by atoms with Crippen LogP contribution in [0.4, 0.5) is 0 Å². The second-order valence-electron chi connectivity index (χ2n) is 5.67. The molecule has 1 unspecified atom stereocenters. The van der Waals surface area contributed by atoms with E-state index < -0.39 is 0 Å². The van der Waals surface area contributed by atoms with Crippen LogP contribution in [-0.2, 0) is 9.53 Å². The highest BCUT2D eigenvalue weighted by Gasteiger charge is 2.18. The van der Waals surface area contributed by atoms with Crippen molar-refractivity contribution in [2.75, 3.05) is 13.7 Å². The molecular weight excluding hydrogens is 254 g/mol. The smallest absolute Gasteiger partial charge is 0.246 e. The van der Waals surface area contributed by atoms with Crippen molar-refractivity contribution in [1.29, 1.82) is 0 Å². The number of benzene rings is 1. The highest BCUT2D eigenvalue weighted by molar-refractivity contribution is 5.77. The highest BCUT2D eigenvalue weighted by atomic mass is 16.5. The van der Waals surface area contributed by atoms with Crippen LogP contribution in [0, 0.1) is 0 Å². The van der Waals surface area contributed by atoms with Crippen molar-refractivity contribution in [3.05, 3.63) is 29.8 Å². The molecule has 0 aliphatic rings. The Labute approximate surface area is 121 Å². The summed E-state index contributed by atoms with van der Waals surface area (Å²) in [6.07, 6.45) is 0.793. The molecule has 0 aromatic heterocycles. The number of carbonyl (C=O) groups excluding carboxylic acids is 1. The van der Waals surface area contributed by atoms with Crippen LogP contribution in [-0.4, -0.2) is 25.2 Å². The summed E-state index contributed by atoms with van der Waals surface area (Å²) >= 11 is 0. The third-order valence-electron chi connectivity index (χ3n) is 2.89. The van der Waals surface area contributed by atoms with Gasteiger partial charge in [-0.3, -0.25) is 4.79 Å². The molecule has 1 N–H and O–H groups in total. The molecule has 4 heteroatoms. The Morgan fingerprint density at radius 1 is 1.30 bits per heavy atom. The number of hydrogen-bond donors (Lipinski definition) is 1. The fourth-order valence-electron chi connectivity index (χ4n) is 1.87. The van der Waals surface area contributed by atoms with Crippen molar-refractivity contribution in [1.82, 2.24) is 5.32 Å². The average Bonchev–Trinajstić information content (AvgIpc) is 2.41. The second-order valence-corrected chi connectivity index (χ2v) is 5.67. The van der Waals surface area contributed by atoms with Crippen LogP contribution >= 0.6 is 0 Å². The first-order valence-electron chi connectivity index (χ1n) is 6.93. The molecule has 0 fully saturated rings. The molecule has 1 rings (SSSR count). The van der Waals surface area contributed by atoms with Crippen molar-refractivity contribution in [2.24, 2.45) is 0 Å². The minimum atomic E-state index is -0.316. The van der Waals surface area contributed by atoms with Crippen LogP contribution in [0.15, 0.2) is 24.3 Å². The van der Waals surface area contributed by atoms with Gasteiger partial charge in [0.1, 0.15) is 12.4 Å². The van der Waals surface area contributed by atoms with Gasteiger partial charge in [0.05, 0.1) is 18.8 Å². The second kappa shape index (κ2) is 7.29. The predicted octanol–water partition coefficient (Wildman–Crippen LogP) is 3.08. The van der Waals surface area contributed by atoms with E-state index in [-0.39, 0.29) is 24.2 Å². The van der Waals surface area contributed by atoms with Gasteiger partial charge < -0.3 is 14.8 Å². The van der Waals surface area contributed by atoms with Crippen molar-refractivity contribution in [2.45, 2.75) is 45.8 Å². The van der Waals surface area contributed by atoms with Crippen LogP contribution in [0.25, 0.3) is 0 Å². The number of hydrogen-bond acceptors (Lipinski definition) is 3. The van der Waals surface area contributed by atoms with Crippen molar-refractivity contribution in [3.8, 4) is 5.75 Å². The molecule has 4 nitrogen and oxygen atoms in total. The Kier molecular flexibility index (Phi) is 6.02. The molecule has 0 saturated heterocycles. The van der Waals surface area contributed by atoms with E-state index in [0.717, 1.165) is 17.7 Å². The van der Waals surface area contributed by atoms with Gasteiger partial charge in [0, 0.05) is 5.56 Å². The highest BCUT2D eigenvalue weighted by Crippen LogP contribution is 2.26. The minimum absolute atomic E-state index is 0.0646. The molecular formula is C16H25NO3. The minimum Gasteiger partial charge on any atom is -0.496 e. The zero-order valence-corrected chi connectivity index (χ0v) is 13.0. The van der Waals surface area contributed by atoms with Crippen LogP contribution in [0.2, 0.25) is 0 Å². The van der Waals surface area contributed by atoms with E-state index in [9.17, 15) is 4.79 Å². The number of rotatable bonds is 6. The van der Waals surface area contributed by atoms with Gasteiger partial charge in [-0.1, -0.05) is 25.1 Å². The van der Waals surface area contributed by atoms with Gasteiger partial charge in [0.25, 0.3) is 0 Å². The van der Waals surface area contributed by atoms with Gasteiger partial charge in [-0.2, -0.15) is 0 Å². The van der Waals surface area contributed by atoms with Crippen LogP contribution < -0.4 is 10.1 Å². The number of para-hydroxylation sites is 1. The van der Waals surface area contributed by atoms with Crippen LogP contribution in [0.3, 0.4) is 0 Å². The summed E-state index contributed by atoms with van der Waals surface area (Å²) in [6.45, 7) is 7.88. The molecule has 0 aliphatic carbocycles. The Bertz CT molecular complexity index is 438. The van der Waals surface area contributed by atoms with Gasteiger partial charge in [-0.15, -0.1) is 0 Å². The number of nitrogens with one attached hydrogen (secondary N) is 1. The Balaban J connectivity index is 2.70. The maximum Gasteiger partial charge on any atom is 0.246 e. The topological polar surface area (TPSA) is 47.6 Å². The normalized spacial score (nSPS) is 12.8. The molecule has 1 amide bonds. The number of ether oxygens (including phenoxy) is 2. The summed E-state index contributed by atoms with van der Waals surface area (Å²) in [5.41, 5.74) is 0.672. The van der Waals surface area contributed by atoms with E-state index in [1.165, 1.54) is 0 Å². The zero-order chi connectivity index (χ0) is 15.2. The summed E-state index contributed by atoms with van der Waals surface area (Å²) in [6, 6.07) is 7.66. The van der Waals surface area contributed by atoms with Gasteiger partial charge in [0.2, 0.25) is 5.91 Å². The van der Waals surface area contributed by atoms with Crippen LogP contribution in [0.5, 0.6) is 5.75 Å². The molecule has 0 bridgehead atoms. The lowest BCUT2D eigenvalue weighted by atomic mass is 10.0. The lowest BCUT2D eigenvalue weighted by molar-refractivity contribution is -0.131. The summed E-state index contributed by atoms with van der Waals surface area (Å²) < 4.78 is 10.8. The molecule has 1 aromatic carbocycles. The van der Waals surface area contributed by atoms with Crippen molar-refractivity contribution >= 4 is 5.91 Å². The lowest BCUT2D eigenvalue weighted by Gasteiger charge is -2.22. The third kappa shape index (κ3) is 5.21. The molecule has 0 radical (unpaired) electrons. The van der Waals surface area contributed by atoms with E-state index in [4.69, 9.17) is 9.47 Å². The molecule has 1 atom stereocenters. The maximum absolute atomic E-state index is 12.0. The summed E-state index contributed by atoms with van der Waals surface area (Å²) in [5.74, 6) is 0.675. The molecule has 0 heterocycles. The fourth-order valence-corrected chi connectivity index (χ4v) is 1.87. The Hall–Kier alpha value is -1.55. The standard InChI is InChI=1S/C16H25NO3/c1-6-13(12-9-7-8-10-14(12)19-5)17-15(18)11-20-16(2,3)4/h7-10,13H,6,11H2,1-5H3,(H,17,18). The molecule has 20 heavy (non-hydrogen) atoms.